The molecule has 1 aromatic heterocycles. The van der Waals surface area contributed by atoms with E-state index in [0.717, 1.165) is 23.2 Å². The molecule has 6 nitrogen and oxygen atoms in total. The van der Waals surface area contributed by atoms with Gasteiger partial charge in [-0.2, -0.15) is 0 Å². The summed E-state index contributed by atoms with van der Waals surface area (Å²) in [6.45, 7) is 0. The van der Waals surface area contributed by atoms with Gasteiger partial charge in [0.15, 0.2) is 0 Å². The molecule has 4 N–H and O–H groups in total. The summed E-state index contributed by atoms with van der Waals surface area (Å²) in [5.41, 5.74) is 8.19. The average molecular weight is 443 g/mol. The number of rotatable bonds is 9. The lowest BCUT2D eigenvalue weighted by atomic mass is 9.77. The maximum absolute atomic E-state index is 13.5. The monoisotopic (exact) mass is 442 g/mol. The van der Waals surface area contributed by atoms with E-state index in [1.54, 1.807) is 6.20 Å². The van der Waals surface area contributed by atoms with Crippen LogP contribution in [-0.4, -0.2) is 28.4 Å². The number of nitrogens with zero attached hydrogens (tertiary/aromatic N) is 1. The van der Waals surface area contributed by atoms with Crippen molar-refractivity contribution >= 4 is 11.8 Å². The van der Waals surface area contributed by atoms with Gasteiger partial charge in [-0.15, -0.1) is 0 Å². The topological polar surface area (TPSA) is 97.1 Å². The van der Waals surface area contributed by atoms with Gasteiger partial charge in [-0.05, 0) is 42.5 Å². The molecule has 4 rings (SSSR count). The summed E-state index contributed by atoms with van der Waals surface area (Å²) in [5, 5.41) is 6.10. The van der Waals surface area contributed by atoms with Crippen LogP contribution in [0.25, 0.3) is 0 Å². The molecule has 0 radical (unpaired) electrons. The van der Waals surface area contributed by atoms with Crippen molar-refractivity contribution in [2.24, 2.45) is 5.73 Å². The van der Waals surface area contributed by atoms with Gasteiger partial charge < -0.3 is 16.4 Å². The van der Waals surface area contributed by atoms with Crippen molar-refractivity contribution in [3.05, 3.63) is 102 Å². The fourth-order valence-corrected chi connectivity index (χ4v) is 4.08. The van der Waals surface area contributed by atoms with Crippen LogP contribution in [0.1, 0.15) is 42.1 Å². The van der Waals surface area contributed by atoms with Crippen LogP contribution >= 0.6 is 0 Å². The zero-order valence-corrected chi connectivity index (χ0v) is 18.6. The Morgan fingerprint density at radius 3 is 2.15 bits per heavy atom. The highest BCUT2D eigenvalue weighted by Gasteiger charge is 2.41. The highest BCUT2D eigenvalue weighted by atomic mass is 16.2. The highest BCUT2D eigenvalue weighted by molar-refractivity contribution is 5.92. The molecule has 2 aromatic carbocycles. The maximum Gasteiger partial charge on any atom is 0.243 e. The Morgan fingerprint density at radius 2 is 1.55 bits per heavy atom. The first kappa shape index (κ1) is 22.7. The van der Waals surface area contributed by atoms with Crippen molar-refractivity contribution < 1.29 is 9.59 Å². The van der Waals surface area contributed by atoms with Crippen molar-refractivity contribution in [2.75, 3.05) is 0 Å². The standard InChI is InChI=1S/C27H30N4O2/c28-27(15-9-16-27)26(33)31-24(18-20-10-3-1-4-11-20)25(32)30-23(21-12-5-2-6-13-21)19-22-14-7-8-17-29-22/h1-8,10-14,17,23-24H,9,15-16,18-19,28H2,(H,30,32)(H,31,33)/t23?,24-/m0/s1. The predicted molar refractivity (Wildman–Crippen MR) is 128 cm³/mol. The molecule has 0 bridgehead atoms. The number of amides is 2. The Balaban J connectivity index is 1.55. The first-order chi connectivity index (χ1) is 16.0. The smallest absolute Gasteiger partial charge is 0.243 e. The summed E-state index contributed by atoms with van der Waals surface area (Å²) >= 11 is 0. The molecule has 0 saturated heterocycles. The van der Waals surface area contributed by atoms with Gasteiger partial charge in [0.25, 0.3) is 0 Å². The van der Waals surface area contributed by atoms with Gasteiger partial charge in [0.2, 0.25) is 11.8 Å². The van der Waals surface area contributed by atoms with Gasteiger partial charge >= 0.3 is 0 Å². The molecule has 1 unspecified atom stereocenters. The average Bonchev–Trinajstić information content (AvgIpc) is 2.83. The number of hydrogen-bond donors (Lipinski definition) is 3. The van der Waals surface area contributed by atoms with Gasteiger partial charge in [-0.25, -0.2) is 0 Å². The molecule has 1 aliphatic carbocycles. The minimum Gasteiger partial charge on any atom is -0.347 e. The molecule has 170 valence electrons. The molecule has 3 aromatic rings. The maximum atomic E-state index is 13.5. The van der Waals surface area contributed by atoms with E-state index in [0.29, 0.717) is 25.7 Å². The molecule has 1 fully saturated rings. The number of pyridine rings is 1. The summed E-state index contributed by atoms with van der Waals surface area (Å²) in [7, 11) is 0. The Hall–Kier alpha value is -3.51. The van der Waals surface area contributed by atoms with Crippen LogP contribution in [0.2, 0.25) is 0 Å². The molecule has 0 spiro atoms. The van der Waals surface area contributed by atoms with Crippen molar-refractivity contribution in [2.45, 2.75) is 49.7 Å². The minimum absolute atomic E-state index is 0.236. The fourth-order valence-electron chi connectivity index (χ4n) is 4.08. The number of nitrogens with two attached hydrogens (primary N) is 1. The number of carbonyl (C=O) groups excluding carboxylic acids is 2. The molecule has 33 heavy (non-hydrogen) atoms. The molecule has 6 heteroatoms. The second-order valence-electron chi connectivity index (χ2n) is 8.72. The Bertz CT molecular complexity index is 1050. The number of aromatic nitrogens is 1. The van der Waals surface area contributed by atoms with E-state index in [4.69, 9.17) is 5.73 Å². The number of carbonyl (C=O) groups is 2. The first-order valence-corrected chi connectivity index (χ1v) is 11.4. The third kappa shape index (κ3) is 5.84. The molecule has 0 aliphatic heterocycles. The third-order valence-electron chi connectivity index (χ3n) is 6.26. The Kier molecular flexibility index (Phi) is 7.15. The van der Waals surface area contributed by atoms with Crippen molar-refractivity contribution in [1.82, 2.24) is 15.6 Å². The number of benzene rings is 2. The van der Waals surface area contributed by atoms with E-state index >= 15 is 0 Å². The zero-order valence-electron chi connectivity index (χ0n) is 18.6. The van der Waals surface area contributed by atoms with E-state index < -0.39 is 11.6 Å². The summed E-state index contributed by atoms with van der Waals surface area (Å²) in [6, 6.07) is 24.3. The van der Waals surface area contributed by atoms with Crippen LogP contribution in [0.5, 0.6) is 0 Å². The SMILES string of the molecule is NC1(C(=O)N[C@@H](Cc2ccccc2)C(=O)NC(Cc2ccccn2)c2ccccc2)CCC1. The van der Waals surface area contributed by atoms with Crippen molar-refractivity contribution in [1.29, 1.82) is 0 Å². The molecule has 1 aliphatic rings. The van der Waals surface area contributed by atoms with E-state index in [9.17, 15) is 9.59 Å². The minimum atomic E-state index is -0.873. The van der Waals surface area contributed by atoms with Crippen molar-refractivity contribution in [3.8, 4) is 0 Å². The van der Waals surface area contributed by atoms with Crippen LogP contribution in [0.4, 0.5) is 0 Å². The Morgan fingerprint density at radius 1 is 0.879 bits per heavy atom. The van der Waals surface area contributed by atoms with Crippen LogP contribution in [-0.2, 0) is 22.4 Å². The predicted octanol–water partition coefficient (Wildman–Crippen LogP) is 3.09. The molecular formula is C27H30N4O2. The quantitative estimate of drug-likeness (QED) is 0.474. The van der Waals surface area contributed by atoms with Gasteiger partial charge in [0.05, 0.1) is 11.6 Å². The van der Waals surface area contributed by atoms with Gasteiger partial charge in [-0.3, -0.25) is 14.6 Å². The van der Waals surface area contributed by atoms with Crippen LogP contribution in [0, 0.1) is 0 Å². The summed E-state index contributed by atoms with van der Waals surface area (Å²) in [4.78, 5) is 30.8. The highest BCUT2D eigenvalue weighted by Crippen LogP contribution is 2.29. The van der Waals surface area contributed by atoms with Gasteiger partial charge in [0.1, 0.15) is 6.04 Å². The summed E-state index contributed by atoms with van der Waals surface area (Å²) < 4.78 is 0. The van der Waals surface area contributed by atoms with Crippen LogP contribution < -0.4 is 16.4 Å². The van der Waals surface area contributed by atoms with Crippen molar-refractivity contribution in [3.63, 3.8) is 0 Å². The fraction of sp³-hybridized carbons (Fsp3) is 0.296. The second-order valence-corrected chi connectivity index (χ2v) is 8.72. The summed E-state index contributed by atoms with van der Waals surface area (Å²) in [5.74, 6) is -0.495. The molecule has 1 heterocycles. The first-order valence-electron chi connectivity index (χ1n) is 11.4. The lowest BCUT2D eigenvalue weighted by molar-refractivity contribution is -0.134. The van der Waals surface area contributed by atoms with Crippen LogP contribution in [0.15, 0.2) is 85.1 Å². The van der Waals surface area contributed by atoms with E-state index in [2.05, 4.69) is 15.6 Å². The molecular weight excluding hydrogens is 412 g/mol. The van der Waals surface area contributed by atoms with E-state index in [1.807, 2.05) is 78.9 Å². The lowest BCUT2D eigenvalue weighted by Gasteiger charge is -2.37. The van der Waals surface area contributed by atoms with Gasteiger partial charge in [-0.1, -0.05) is 66.7 Å². The van der Waals surface area contributed by atoms with Crippen LogP contribution in [0.3, 0.4) is 0 Å². The number of hydrogen-bond acceptors (Lipinski definition) is 4. The Labute approximate surface area is 194 Å². The van der Waals surface area contributed by atoms with E-state index in [1.165, 1.54) is 0 Å². The zero-order chi connectivity index (χ0) is 23.1. The molecule has 2 atom stereocenters. The molecule has 1 saturated carbocycles. The largest absolute Gasteiger partial charge is 0.347 e. The van der Waals surface area contributed by atoms with Gasteiger partial charge in [0, 0.05) is 24.7 Å². The van der Waals surface area contributed by atoms with E-state index in [-0.39, 0.29) is 17.9 Å². The normalized spacial score (nSPS) is 16.2. The number of nitrogens with one attached hydrogen (secondary N) is 2. The lowest BCUT2D eigenvalue weighted by Crippen LogP contribution is -2.62. The second kappa shape index (κ2) is 10.4. The third-order valence-corrected chi connectivity index (χ3v) is 6.26. The molecule has 2 amide bonds. The summed E-state index contributed by atoms with van der Waals surface area (Å²) in [6.07, 6.45) is 4.90.